The zero-order valence-corrected chi connectivity index (χ0v) is 18.9. The van der Waals surface area contributed by atoms with Gasteiger partial charge in [-0.15, -0.1) is 13.2 Å². The molecule has 0 bridgehead atoms. The van der Waals surface area contributed by atoms with Crippen molar-refractivity contribution in [1.82, 2.24) is 9.97 Å². The van der Waals surface area contributed by atoms with Gasteiger partial charge in [0.2, 0.25) is 5.95 Å². The topological polar surface area (TPSA) is 85.1 Å². The lowest BCUT2D eigenvalue weighted by Crippen LogP contribution is -2.38. The molecule has 9 heteroatoms. The van der Waals surface area contributed by atoms with E-state index in [1.807, 2.05) is 7.05 Å². The van der Waals surface area contributed by atoms with Gasteiger partial charge in [-0.1, -0.05) is 18.2 Å². The summed E-state index contributed by atoms with van der Waals surface area (Å²) < 4.78 is 42.3. The summed E-state index contributed by atoms with van der Waals surface area (Å²) >= 11 is 0. The van der Waals surface area contributed by atoms with Crippen molar-refractivity contribution < 1.29 is 17.9 Å². The monoisotopic (exact) mass is 463 g/mol. The standard InChI is InChI=1S/C24H32F3N5O/c1-29-22-18-7-3-4-8-20(18)31-23(32-22)30-17-12-10-15(11-13-17)19(28)14-16-6-2-5-9-21(16)33-24(25,26)27/h2,5-6,9,15,17,19H,3-4,7-8,10-14,28H2,1H3,(H2,29,30,31,32). The summed E-state index contributed by atoms with van der Waals surface area (Å²) in [7, 11) is 1.89. The van der Waals surface area contributed by atoms with Crippen LogP contribution < -0.4 is 21.1 Å². The maximum atomic E-state index is 12.7. The first-order valence-electron chi connectivity index (χ1n) is 11.8. The van der Waals surface area contributed by atoms with Crippen molar-refractivity contribution in [1.29, 1.82) is 0 Å². The van der Waals surface area contributed by atoms with E-state index >= 15 is 0 Å². The van der Waals surface area contributed by atoms with Crippen molar-refractivity contribution in [2.24, 2.45) is 11.7 Å². The second-order valence-electron chi connectivity index (χ2n) is 9.06. The van der Waals surface area contributed by atoms with Crippen LogP contribution in [0, 0.1) is 5.92 Å². The summed E-state index contributed by atoms with van der Waals surface area (Å²) in [6, 6.07) is 6.29. The number of nitrogens with one attached hydrogen (secondary N) is 2. The minimum absolute atomic E-state index is 0.166. The van der Waals surface area contributed by atoms with Gasteiger partial charge in [-0.25, -0.2) is 4.98 Å². The minimum Gasteiger partial charge on any atom is -0.406 e. The maximum Gasteiger partial charge on any atom is 0.573 e. The molecule has 0 saturated heterocycles. The number of nitrogens with zero attached hydrogens (tertiary/aromatic N) is 2. The summed E-state index contributed by atoms with van der Waals surface area (Å²) in [5, 5.41) is 6.71. The molecule has 2 aliphatic rings. The van der Waals surface area contributed by atoms with E-state index in [2.05, 4.69) is 20.4 Å². The highest BCUT2D eigenvalue weighted by Crippen LogP contribution is 2.33. The van der Waals surface area contributed by atoms with Gasteiger partial charge >= 0.3 is 6.36 Å². The molecule has 180 valence electrons. The van der Waals surface area contributed by atoms with Crippen molar-refractivity contribution in [3.8, 4) is 5.75 Å². The van der Waals surface area contributed by atoms with Crippen LogP contribution in [0.15, 0.2) is 24.3 Å². The van der Waals surface area contributed by atoms with Crippen molar-refractivity contribution in [3.63, 3.8) is 0 Å². The molecule has 1 unspecified atom stereocenters. The normalized spacial score (nSPS) is 21.7. The third-order valence-corrected chi connectivity index (χ3v) is 6.78. The van der Waals surface area contributed by atoms with E-state index in [1.54, 1.807) is 12.1 Å². The fraction of sp³-hybridized carbons (Fsp3) is 0.583. The lowest BCUT2D eigenvalue weighted by molar-refractivity contribution is -0.274. The number of rotatable bonds is 7. The van der Waals surface area contributed by atoms with Crippen LogP contribution in [-0.4, -0.2) is 35.5 Å². The number of benzene rings is 1. The molecule has 4 N–H and O–H groups in total. The number of fused-ring (bicyclic) bond motifs is 1. The number of alkyl halides is 3. The molecule has 0 amide bonds. The largest absolute Gasteiger partial charge is 0.573 e. The highest BCUT2D eigenvalue weighted by molar-refractivity contribution is 5.51. The first-order chi connectivity index (χ1) is 15.8. The number of aromatic nitrogens is 2. The number of hydrogen-bond donors (Lipinski definition) is 3. The molecule has 1 heterocycles. The second kappa shape index (κ2) is 10.2. The first-order valence-corrected chi connectivity index (χ1v) is 11.8. The molecular formula is C24H32F3N5O. The van der Waals surface area contributed by atoms with Crippen molar-refractivity contribution in [2.75, 3.05) is 17.7 Å². The Morgan fingerprint density at radius 3 is 2.55 bits per heavy atom. The molecule has 0 aliphatic heterocycles. The van der Waals surface area contributed by atoms with Crippen LogP contribution in [0.4, 0.5) is 24.9 Å². The van der Waals surface area contributed by atoms with Gasteiger partial charge in [-0.3, -0.25) is 0 Å². The third kappa shape index (κ3) is 6.07. The Morgan fingerprint density at radius 1 is 1.09 bits per heavy atom. The average Bonchev–Trinajstić information content (AvgIpc) is 2.79. The zero-order valence-electron chi connectivity index (χ0n) is 18.9. The van der Waals surface area contributed by atoms with E-state index < -0.39 is 6.36 Å². The fourth-order valence-corrected chi connectivity index (χ4v) is 5.06. The second-order valence-corrected chi connectivity index (χ2v) is 9.06. The number of aryl methyl sites for hydroxylation is 1. The van der Waals surface area contributed by atoms with E-state index in [0.29, 0.717) is 17.9 Å². The smallest absolute Gasteiger partial charge is 0.406 e. The van der Waals surface area contributed by atoms with Crippen LogP contribution in [0.2, 0.25) is 0 Å². The van der Waals surface area contributed by atoms with E-state index in [0.717, 1.165) is 56.5 Å². The Morgan fingerprint density at radius 2 is 1.82 bits per heavy atom. The minimum atomic E-state index is -4.71. The van der Waals surface area contributed by atoms with Crippen molar-refractivity contribution in [3.05, 3.63) is 41.1 Å². The maximum absolute atomic E-state index is 12.7. The summed E-state index contributed by atoms with van der Waals surface area (Å²) in [6.07, 6.45) is 3.65. The Kier molecular flexibility index (Phi) is 7.26. The first kappa shape index (κ1) is 23.6. The SMILES string of the molecule is CNc1nc(NC2CCC(C(N)Cc3ccccc3OC(F)(F)F)CC2)nc2c1CCCC2. The quantitative estimate of drug-likeness (QED) is 0.545. The van der Waals surface area contributed by atoms with E-state index in [1.165, 1.54) is 24.1 Å². The lowest BCUT2D eigenvalue weighted by Gasteiger charge is -2.33. The van der Waals surface area contributed by atoms with Gasteiger partial charge in [-0.2, -0.15) is 4.98 Å². The predicted molar refractivity (Wildman–Crippen MR) is 122 cm³/mol. The van der Waals surface area contributed by atoms with Crippen LogP contribution >= 0.6 is 0 Å². The highest BCUT2D eigenvalue weighted by Gasteiger charge is 2.33. The molecule has 1 fully saturated rings. The number of halogens is 3. The van der Waals surface area contributed by atoms with E-state index in [-0.39, 0.29) is 23.8 Å². The van der Waals surface area contributed by atoms with E-state index in [9.17, 15) is 13.2 Å². The van der Waals surface area contributed by atoms with Gasteiger partial charge in [0.15, 0.2) is 0 Å². The zero-order chi connectivity index (χ0) is 23.4. The Labute approximate surface area is 192 Å². The molecule has 6 nitrogen and oxygen atoms in total. The van der Waals surface area contributed by atoms with Gasteiger partial charge in [0.25, 0.3) is 0 Å². The number of nitrogens with two attached hydrogens (primary N) is 1. The molecular weight excluding hydrogens is 431 g/mol. The number of anilines is 2. The molecule has 33 heavy (non-hydrogen) atoms. The molecule has 0 spiro atoms. The van der Waals surface area contributed by atoms with Crippen molar-refractivity contribution >= 4 is 11.8 Å². The van der Waals surface area contributed by atoms with Gasteiger partial charge in [0.1, 0.15) is 11.6 Å². The summed E-state index contributed by atoms with van der Waals surface area (Å²) in [5.41, 5.74) is 9.30. The van der Waals surface area contributed by atoms with Crippen LogP contribution in [0.25, 0.3) is 0 Å². The Bertz CT molecular complexity index is 927. The fourth-order valence-electron chi connectivity index (χ4n) is 5.06. The summed E-state index contributed by atoms with van der Waals surface area (Å²) in [6.45, 7) is 0. The van der Waals surface area contributed by atoms with Crippen LogP contribution in [-0.2, 0) is 19.3 Å². The molecule has 1 aromatic carbocycles. The molecule has 1 atom stereocenters. The highest BCUT2D eigenvalue weighted by atomic mass is 19.4. The Hall–Kier alpha value is -2.55. The van der Waals surface area contributed by atoms with Crippen LogP contribution in [0.5, 0.6) is 5.75 Å². The molecule has 0 radical (unpaired) electrons. The molecule has 1 aromatic heterocycles. The Balaban J connectivity index is 1.33. The van der Waals surface area contributed by atoms with E-state index in [4.69, 9.17) is 10.7 Å². The van der Waals surface area contributed by atoms with Crippen molar-refractivity contribution in [2.45, 2.75) is 76.2 Å². The van der Waals surface area contributed by atoms with Crippen LogP contribution in [0.1, 0.15) is 55.3 Å². The van der Waals surface area contributed by atoms with Gasteiger partial charge in [-0.05, 0) is 75.3 Å². The molecule has 1 saturated carbocycles. The number of ether oxygens (including phenoxy) is 1. The summed E-state index contributed by atoms with van der Waals surface area (Å²) in [4.78, 5) is 9.46. The predicted octanol–water partition coefficient (Wildman–Crippen LogP) is 4.84. The van der Waals surface area contributed by atoms with Gasteiger partial charge in [0, 0.05) is 24.7 Å². The molecule has 2 aromatic rings. The molecule has 4 rings (SSSR count). The van der Waals surface area contributed by atoms with Gasteiger partial charge in [0.05, 0.1) is 5.69 Å². The lowest BCUT2D eigenvalue weighted by atomic mass is 9.80. The van der Waals surface area contributed by atoms with Crippen LogP contribution in [0.3, 0.4) is 0 Å². The number of hydrogen-bond acceptors (Lipinski definition) is 6. The molecule has 2 aliphatic carbocycles. The van der Waals surface area contributed by atoms with Gasteiger partial charge < -0.3 is 21.1 Å². The number of para-hydroxylation sites is 1. The average molecular weight is 464 g/mol. The third-order valence-electron chi connectivity index (χ3n) is 6.78. The summed E-state index contributed by atoms with van der Waals surface area (Å²) in [5.74, 6) is 1.67.